The van der Waals surface area contributed by atoms with Gasteiger partial charge in [-0.3, -0.25) is 4.79 Å². The largest absolute Gasteiger partial charge is 0.507 e. The third-order valence-electron chi connectivity index (χ3n) is 3.89. The summed E-state index contributed by atoms with van der Waals surface area (Å²) < 4.78 is 0. The zero-order valence-corrected chi connectivity index (χ0v) is 13.5. The van der Waals surface area contributed by atoms with E-state index in [0.717, 1.165) is 22.3 Å². The predicted molar refractivity (Wildman–Crippen MR) is 95.9 cm³/mol. The Balaban J connectivity index is 1.72. The molecule has 0 unspecified atom stereocenters. The van der Waals surface area contributed by atoms with Crippen molar-refractivity contribution in [3.63, 3.8) is 0 Å². The number of aryl methyl sites for hydroxylation is 1. The van der Waals surface area contributed by atoms with E-state index >= 15 is 0 Å². The summed E-state index contributed by atoms with van der Waals surface area (Å²) >= 11 is 0. The van der Waals surface area contributed by atoms with Gasteiger partial charge in [-0.05, 0) is 47.4 Å². The van der Waals surface area contributed by atoms with Crippen LogP contribution in [0.2, 0.25) is 0 Å². The fourth-order valence-electron chi connectivity index (χ4n) is 2.60. The fourth-order valence-corrected chi connectivity index (χ4v) is 2.60. The number of phenolic OH excluding ortho intramolecular Hbond substituents is 1. The van der Waals surface area contributed by atoms with Crippen molar-refractivity contribution in [1.82, 2.24) is 5.32 Å². The lowest BCUT2D eigenvalue weighted by Crippen LogP contribution is -2.22. The van der Waals surface area contributed by atoms with Crippen LogP contribution in [-0.4, -0.2) is 11.0 Å². The smallest absolute Gasteiger partial charge is 0.255 e. The molecule has 3 aromatic rings. The van der Waals surface area contributed by atoms with Crippen molar-refractivity contribution in [3.05, 3.63) is 89.5 Å². The van der Waals surface area contributed by atoms with Crippen LogP contribution in [0.3, 0.4) is 0 Å². The number of hydrogen-bond acceptors (Lipinski definition) is 2. The second-order valence-corrected chi connectivity index (χ2v) is 5.77. The Morgan fingerprint density at radius 2 is 1.67 bits per heavy atom. The maximum Gasteiger partial charge on any atom is 0.255 e. The van der Waals surface area contributed by atoms with Crippen LogP contribution in [0.1, 0.15) is 21.5 Å². The molecule has 24 heavy (non-hydrogen) atoms. The number of amides is 1. The monoisotopic (exact) mass is 317 g/mol. The van der Waals surface area contributed by atoms with Gasteiger partial charge in [0.05, 0.1) is 5.56 Å². The second-order valence-electron chi connectivity index (χ2n) is 5.77. The van der Waals surface area contributed by atoms with Crippen LogP contribution in [0, 0.1) is 6.92 Å². The minimum absolute atomic E-state index is 0.00513. The van der Waals surface area contributed by atoms with Gasteiger partial charge in [-0.15, -0.1) is 0 Å². The lowest BCUT2D eigenvalue weighted by molar-refractivity contribution is 0.0948. The molecule has 3 nitrogen and oxygen atoms in total. The maximum absolute atomic E-state index is 12.2. The second kappa shape index (κ2) is 7.01. The van der Waals surface area contributed by atoms with Gasteiger partial charge in [0, 0.05) is 6.54 Å². The van der Waals surface area contributed by atoms with E-state index in [0.29, 0.717) is 12.1 Å². The van der Waals surface area contributed by atoms with E-state index in [4.69, 9.17) is 0 Å². The Morgan fingerprint density at radius 3 is 2.42 bits per heavy atom. The quantitative estimate of drug-likeness (QED) is 0.754. The summed E-state index contributed by atoms with van der Waals surface area (Å²) in [6.07, 6.45) is 0. The van der Waals surface area contributed by atoms with Crippen LogP contribution in [0.25, 0.3) is 11.1 Å². The van der Waals surface area contributed by atoms with Crippen LogP contribution in [0.15, 0.2) is 72.8 Å². The summed E-state index contributed by atoms with van der Waals surface area (Å²) in [5, 5.41) is 12.7. The molecule has 0 heterocycles. The number of rotatable bonds is 4. The van der Waals surface area contributed by atoms with Gasteiger partial charge in [0.2, 0.25) is 0 Å². The van der Waals surface area contributed by atoms with Crippen molar-refractivity contribution in [2.75, 3.05) is 0 Å². The Kier molecular flexibility index (Phi) is 4.62. The first-order valence-electron chi connectivity index (χ1n) is 7.85. The molecule has 0 aliphatic heterocycles. The Bertz CT molecular complexity index is 857. The van der Waals surface area contributed by atoms with E-state index in [1.807, 2.05) is 49.4 Å². The van der Waals surface area contributed by atoms with Crippen LogP contribution in [-0.2, 0) is 6.54 Å². The highest BCUT2D eigenvalue weighted by Crippen LogP contribution is 2.21. The molecular formula is C21H19NO2. The van der Waals surface area contributed by atoms with Crippen LogP contribution < -0.4 is 5.32 Å². The molecule has 1 amide bonds. The first-order valence-corrected chi connectivity index (χ1v) is 7.85. The normalized spacial score (nSPS) is 10.4. The van der Waals surface area contributed by atoms with Gasteiger partial charge in [-0.2, -0.15) is 0 Å². The van der Waals surface area contributed by atoms with E-state index in [9.17, 15) is 9.90 Å². The Labute approximate surface area is 141 Å². The SMILES string of the molecule is Cc1ccc(C(=O)NCc2cccc(-c3ccccc3)c2)c(O)c1. The molecule has 3 heteroatoms. The average molecular weight is 317 g/mol. The summed E-state index contributed by atoms with van der Waals surface area (Å²) in [6, 6.07) is 23.2. The highest BCUT2D eigenvalue weighted by atomic mass is 16.3. The highest BCUT2D eigenvalue weighted by molar-refractivity contribution is 5.96. The Morgan fingerprint density at radius 1 is 0.917 bits per heavy atom. The first kappa shape index (κ1) is 15.8. The molecule has 0 aliphatic rings. The van der Waals surface area contributed by atoms with Gasteiger partial charge < -0.3 is 10.4 Å². The molecule has 3 rings (SSSR count). The number of hydrogen-bond donors (Lipinski definition) is 2. The van der Waals surface area contributed by atoms with Crippen molar-refractivity contribution in [2.45, 2.75) is 13.5 Å². The zero-order valence-electron chi connectivity index (χ0n) is 13.5. The molecule has 0 spiro atoms. The number of benzene rings is 3. The molecule has 120 valence electrons. The van der Waals surface area contributed by atoms with E-state index in [1.54, 1.807) is 12.1 Å². The van der Waals surface area contributed by atoms with Crippen LogP contribution >= 0.6 is 0 Å². The molecule has 2 N–H and O–H groups in total. The first-order chi connectivity index (χ1) is 11.6. The third kappa shape index (κ3) is 3.63. The average Bonchev–Trinajstić information content (AvgIpc) is 2.61. The van der Waals surface area contributed by atoms with Crippen molar-refractivity contribution < 1.29 is 9.90 Å². The lowest BCUT2D eigenvalue weighted by Gasteiger charge is -2.09. The molecule has 0 aromatic heterocycles. The summed E-state index contributed by atoms with van der Waals surface area (Å²) in [7, 11) is 0. The number of aromatic hydroxyl groups is 1. The van der Waals surface area contributed by atoms with E-state index < -0.39 is 0 Å². The van der Waals surface area contributed by atoms with E-state index in [2.05, 4.69) is 23.5 Å². The van der Waals surface area contributed by atoms with Gasteiger partial charge in [0.1, 0.15) is 5.75 Å². The van der Waals surface area contributed by atoms with Crippen LogP contribution in [0.4, 0.5) is 0 Å². The van der Waals surface area contributed by atoms with Crippen molar-refractivity contribution in [3.8, 4) is 16.9 Å². The summed E-state index contributed by atoms with van der Waals surface area (Å²) in [5.41, 5.74) is 4.47. The number of carbonyl (C=O) groups excluding carboxylic acids is 1. The number of phenols is 1. The van der Waals surface area contributed by atoms with Crippen LogP contribution in [0.5, 0.6) is 5.75 Å². The third-order valence-corrected chi connectivity index (χ3v) is 3.89. The predicted octanol–water partition coefficient (Wildman–Crippen LogP) is 4.30. The summed E-state index contributed by atoms with van der Waals surface area (Å²) in [6.45, 7) is 2.28. The minimum Gasteiger partial charge on any atom is -0.507 e. The molecule has 3 aromatic carbocycles. The van der Waals surface area contributed by atoms with Gasteiger partial charge in [-0.1, -0.05) is 54.6 Å². The minimum atomic E-state index is -0.280. The summed E-state index contributed by atoms with van der Waals surface area (Å²) in [4.78, 5) is 12.2. The Hall–Kier alpha value is -3.07. The van der Waals surface area contributed by atoms with Gasteiger partial charge in [0.15, 0.2) is 0 Å². The van der Waals surface area contributed by atoms with Gasteiger partial charge in [-0.25, -0.2) is 0 Å². The molecule has 0 radical (unpaired) electrons. The van der Waals surface area contributed by atoms with Crippen molar-refractivity contribution in [2.24, 2.45) is 0 Å². The molecule has 0 saturated carbocycles. The van der Waals surface area contributed by atoms with Gasteiger partial charge >= 0.3 is 0 Å². The molecule has 0 fully saturated rings. The van der Waals surface area contributed by atoms with Crippen molar-refractivity contribution >= 4 is 5.91 Å². The molecule has 0 aliphatic carbocycles. The topological polar surface area (TPSA) is 49.3 Å². The highest BCUT2D eigenvalue weighted by Gasteiger charge is 2.10. The van der Waals surface area contributed by atoms with E-state index in [1.165, 1.54) is 0 Å². The maximum atomic E-state index is 12.2. The molecule has 0 atom stereocenters. The molecular weight excluding hydrogens is 298 g/mol. The standard InChI is InChI=1S/C21H19NO2/c1-15-10-11-19(20(23)12-15)21(24)22-14-16-6-5-9-18(13-16)17-7-3-2-4-8-17/h2-13,23H,14H2,1H3,(H,22,24). The molecule has 0 saturated heterocycles. The van der Waals surface area contributed by atoms with E-state index in [-0.39, 0.29) is 11.7 Å². The zero-order chi connectivity index (χ0) is 16.9. The van der Waals surface area contributed by atoms with Gasteiger partial charge in [0.25, 0.3) is 5.91 Å². The fraction of sp³-hybridized carbons (Fsp3) is 0.0952. The lowest BCUT2D eigenvalue weighted by atomic mass is 10.0. The van der Waals surface area contributed by atoms with Crippen molar-refractivity contribution in [1.29, 1.82) is 0 Å². The number of nitrogens with one attached hydrogen (secondary N) is 1. The number of carbonyl (C=O) groups is 1. The molecule has 0 bridgehead atoms. The summed E-state index contributed by atoms with van der Waals surface area (Å²) in [5.74, 6) is -0.275.